The monoisotopic (exact) mass is 458 g/mol. The summed E-state index contributed by atoms with van der Waals surface area (Å²) in [6, 6.07) is 14.8. The number of halogens is 1. The lowest BCUT2D eigenvalue weighted by atomic mass is 10.1. The molecule has 2 rings (SSSR count). The van der Waals surface area contributed by atoms with Crippen LogP contribution < -0.4 is 10.1 Å². The van der Waals surface area contributed by atoms with Crippen molar-refractivity contribution >= 4 is 23.4 Å². The smallest absolute Gasteiger partial charge is 0.243 e. The average Bonchev–Trinajstić information content (AvgIpc) is 2.78. The molecule has 32 heavy (non-hydrogen) atoms. The number of carbonyl (C=O) groups is 2. The number of nitrogens with one attached hydrogen (secondary N) is 1. The third kappa shape index (κ3) is 8.19. The molecule has 0 bridgehead atoms. The van der Waals surface area contributed by atoms with Crippen LogP contribution in [0.3, 0.4) is 0 Å². The maximum absolute atomic E-state index is 13.2. The van der Waals surface area contributed by atoms with E-state index in [0.29, 0.717) is 37.4 Å². The zero-order valence-corrected chi connectivity index (χ0v) is 20.3. The fourth-order valence-electron chi connectivity index (χ4n) is 3.34. The first-order valence-corrected chi connectivity index (χ1v) is 11.8. The first kappa shape index (κ1) is 25.7. The van der Waals surface area contributed by atoms with Crippen LogP contribution in [0.15, 0.2) is 48.5 Å². The van der Waals surface area contributed by atoms with Crippen molar-refractivity contribution in [2.45, 2.75) is 72.0 Å². The van der Waals surface area contributed by atoms with Crippen molar-refractivity contribution in [2.24, 2.45) is 0 Å². The van der Waals surface area contributed by atoms with Crippen molar-refractivity contribution in [2.75, 3.05) is 6.61 Å². The number of hydrogen-bond donors (Lipinski definition) is 1. The van der Waals surface area contributed by atoms with Crippen LogP contribution in [0.2, 0.25) is 5.02 Å². The number of rotatable bonds is 12. The predicted octanol–water partition coefficient (Wildman–Crippen LogP) is 5.53. The predicted molar refractivity (Wildman–Crippen MR) is 130 cm³/mol. The van der Waals surface area contributed by atoms with E-state index < -0.39 is 6.04 Å². The number of carbonyl (C=O) groups excluding carboxylic acids is 2. The summed E-state index contributed by atoms with van der Waals surface area (Å²) in [6.45, 7) is 8.81. The fourth-order valence-corrected chi connectivity index (χ4v) is 3.46. The molecule has 6 heteroatoms. The minimum Gasteiger partial charge on any atom is -0.494 e. The third-order valence-electron chi connectivity index (χ3n) is 5.48. The molecule has 0 aliphatic carbocycles. The maximum Gasteiger partial charge on any atom is 0.243 e. The fraction of sp³-hybridized carbons (Fsp3) is 0.462. The van der Waals surface area contributed by atoms with Crippen molar-refractivity contribution in [1.82, 2.24) is 10.2 Å². The Labute approximate surface area is 197 Å². The zero-order valence-electron chi connectivity index (χ0n) is 19.6. The van der Waals surface area contributed by atoms with Gasteiger partial charge in [-0.3, -0.25) is 9.59 Å². The number of hydrogen-bond acceptors (Lipinski definition) is 3. The zero-order chi connectivity index (χ0) is 23.5. The topological polar surface area (TPSA) is 58.6 Å². The van der Waals surface area contributed by atoms with Gasteiger partial charge in [0.15, 0.2) is 0 Å². The van der Waals surface area contributed by atoms with Crippen LogP contribution in [0.4, 0.5) is 0 Å². The summed E-state index contributed by atoms with van der Waals surface area (Å²) in [6.07, 6.45) is 2.28. The summed E-state index contributed by atoms with van der Waals surface area (Å²) in [5.41, 5.74) is 2.17. The molecule has 2 aromatic rings. The molecule has 0 aromatic heterocycles. The van der Waals surface area contributed by atoms with E-state index in [4.69, 9.17) is 16.3 Å². The van der Waals surface area contributed by atoms with Gasteiger partial charge in [0.05, 0.1) is 6.61 Å². The Morgan fingerprint density at radius 3 is 2.28 bits per heavy atom. The van der Waals surface area contributed by atoms with Gasteiger partial charge >= 0.3 is 0 Å². The third-order valence-corrected chi connectivity index (χ3v) is 5.73. The highest BCUT2D eigenvalue weighted by Gasteiger charge is 2.28. The Bertz CT molecular complexity index is 852. The Hall–Kier alpha value is -2.53. The number of amides is 2. The van der Waals surface area contributed by atoms with Crippen LogP contribution in [0.5, 0.6) is 5.75 Å². The average molecular weight is 459 g/mol. The summed E-state index contributed by atoms with van der Waals surface area (Å²) >= 11 is 5.90. The van der Waals surface area contributed by atoms with Gasteiger partial charge in [-0.25, -0.2) is 0 Å². The number of aryl methyl sites for hydroxylation is 1. The minimum absolute atomic E-state index is 0.0450. The lowest BCUT2D eigenvalue weighted by Gasteiger charge is -2.31. The van der Waals surface area contributed by atoms with Gasteiger partial charge in [-0.05, 0) is 62.9 Å². The highest BCUT2D eigenvalue weighted by atomic mass is 35.5. The Balaban J connectivity index is 2.05. The second-order valence-corrected chi connectivity index (χ2v) is 8.59. The summed E-state index contributed by atoms with van der Waals surface area (Å²) in [5.74, 6) is 0.578. The molecule has 2 amide bonds. The molecule has 2 aromatic carbocycles. The Kier molecular flexibility index (Phi) is 10.5. The van der Waals surface area contributed by atoms with Crippen molar-refractivity contribution in [3.8, 4) is 5.75 Å². The number of benzene rings is 2. The molecular formula is C26H35ClN2O3. The van der Waals surface area contributed by atoms with E-state index >= 15 is 0 Å². The molecule has 2 unspecified atom stereocenters. The lowest BCUT2D eigenvalue weighted by molar-refractivity contribution is -0.141. The first-order valence-electron chi connectivity index (χ1n) is 11.4. The van der Waals surface area contributed by atoms with Crippen molar-refractivity contribution in [1.29, 1.82) is 0 Å². The van der Waals surface area contributed by atoms with Crippen LogP contribution in [0.25, 0.3) is 0 Å². The molecule has 0 heterocycles. The van der Waals surface area contributed by atoms with Gasteiger partial charge in [-0.1, -0.05) is 55.3 Å². The minimum atomic E-state index is -0.505. The largest absolute Gasteiger partial charge is 0.494 e. The van der Waals surface area contributed by atoms with Crippen molar-refractivity contribution in [3.05, 3.63) is 64.7 Å². The van der Waals surface area contributed by atoms with Crippen LogP contribution in [0.1, 0.15) is 57.6 Å². The van der Waals surface area contributed by atoms with E-state index in [2.05, 4.69) is 5.32 Å². The van der Waals surface area contributed by atoms with Gasteiger partial charge in [0.2, 0.25) is 11.8 Å². The van der Waals surface area contributed by atoms with Gasteiger partial charge in [-0.15, -0.1) is 0 Å². The molecule has 1 N–H and O–H groups in total. The molecule has 5 nitrogen and oxygen atoms in total. The second-order valence-electron chi connectivity index (χ2n) is 8.16. The van der Waals surface area contributed by atoms with Gasteiger partial charge in [-0.2, -0.15) is 0 Å². The quantitative estimate of drug-likeness (QED) is 0.425. The van der Waals surface area contributed by atoms with Gasteiger partial charge < -0.3 is 15.0 Å². The van der Waals surface area contributed by atoms with Crippen LogP contribution in [0, 0.1) is 6.92 Å². The molecule has 0 saturated carbocycles. The maximum atomic E-state index is 13.2. The second kappa shape index (κ2) is 13.1. The summed E-state index contributed by atoms with van der Waals surface area (Å²) in [7, 11) is 0. The van der Waals surface area contributed by atoms with E-state index in [1.807, 2.05) is 52.0 Å². The summed E-state index contributed by atoms with van der Waals surface area (Å²) in [4.78, 5) is 27.9. The van der Waals surface area contributed by atoms with Crippen molar-refractivity contribution in [3.63, 3.8) is 0 Å². The Morgan fingerprint density at radius 2 is 1.69 bits per heavy atom. The molecule has 0 saturated heterocycles. The molecule has 0 spiro atoms. The Morgan fingerprint density at radius 1 is 1.03 bits per heavy atom. The number of nitrogens with zero attached hydrogens (tertiary/aromatic N) is 1. The first-order chi connectivity index (χ1) is 15.3. The summed E-state index contributed by atoms with van der Waals surface area (Å²) < 4.78 is 5.72. The molecule has 174 valence electrons. The van der Waals surface area contributed by atoms with Gasteiger partial charge in [0.1, 0.15) is 11.8 Å². The van der Waals surface area contributed by atoms with E-state index in [1.54, 1.807) is 29.2 Å². The molecular weight excluding hydrogens is 424 g/mol. The van der Waals surface area contributed by atoms with E-state index in [9.17, 15) is 9.59 Å². The molecule has 0 fully saturated rings. The highest BCUT2D eigenvalue weighted by molar-refractivity contribution is 6.30. The normalized spacial score (nSPS) is 12.7. The van der Waals surface area contributed by atoms with E-state index in [-0.39, 0.29) is 17.9 Å². The van der Waals surface area contributed by atoms with Crippen LogP contribution >= 0.6 is 11.6 Å². The van der Waals surface area contributed by atoms with Crippen LogP contribution in [-0.2, 0) is 16.1 Å². The number of ether oxygens (including phenoxy) is 1. The standard InChI is InChI=1S/C26H35ClN2O3/c1-5-20(4)28-26(31)24(6-2)29(18-21-11-9-19(3)10-12-21)25(30)8-7-17-32-23-15-13-22(27)14-16-23/h9-16,20,24H,5-8,17-18H2,1-4H3,(H,28,31). The molecule has 0 radical (unpaired) electrons. The SMILES string of the molecule is CCC(C)NC(=O)C(CC)N(Cc1ccc(C)cc1)C(=O)CCCOc1ccc(Cl)cc1. The molecule has 2 atom stereocenters. The van der Waals surface area contributed by atoms with E-state index in [0.717, 1.165) is 23.3 Å². The molecule has 0 aliphatic heterocycles. The van der Waals surface area contributed by atoms with E-state index in [1.165, 1.54) is 0 Å². The molecule has 0 aliphatic rings. The summed E-state index contributed by atoms with van der Waals surface area (Å²) in [5, 5.41) is 3.69. The van der Waals surface area contributed by atoms with Gasteiger partial charge in [0, 0.05) is 24.0 Å². The van der Waals surface area contributed by atoms with Crippen molar-refractivity contribution < 1.29 is 14.3 Å². The van der Waals surface area contributed by atoms with Crippen LogP contribution in [-0.4, -0.2) is 35.4 Å². The highest BCUT2D eigenvalue weighted by Crippen LogP contribution is 2.17. The lowest BCUT2D eigenvalue weighted by Crippen LogP contribution is -2.50. The van der Waals surface area contributed by atoms with Gasteiger partial charge in [0.25, 0.3) is 0 Å².